The van der Waals surface area contributed by atoms with Gasteiger partial charge in [0.15, 0.2) is 0 Å². The van der Waals surface area contributed by atoms with Crippen molar-refractivity contribution in [1.29, 1.82) is 0 Å². The highest BCUT2D eigenvalue weighted by atomic mass is 16.5. The number of nitrogens with one attached hydrogen (secondary N) is 1. The summed E-state index contributed by atoms with van der Waals surface area (Å²) in [6, 6.07) is 1.89. The highest BCUT2D eigenvalue weighted by molar-refractivity contribution is 5.75. The minimum absolute atomic E-state index is 0.369. The normalized spacial score (nSPS) is 17.6. The summed E-state index contributed by atoms with van der Waals surface area (Å²) < 4.78 is 5.26. The predicted molar refractivity (Wildman–Crippen MR) is 74.6 cm³/mol. The number of nitrogens with zero attached hydrogens (tertiary/aromatic N) is 2. The summed E-state index contributed by atoms with van der Waals surface area (Å²) in [4.78, 5) is 19.9. The number of aliphatic carboxylic acids is 1. The summed E-state index contributed by atoms with van der Waals surface area (Å²) in [5.74, 6) is -0.0771. The van der Waals surface area contributed by atoms with E-state index in [0.29, 0.717) is 38.4 Å². The van der Waals surface area contributed by atoms with Gasteiger partial charge in [0.05, 0.1) is 5.41 Å². The van der Waals surface area contributed by atoms with Crippen LogP contribution in [0.3, 0.4) is 0 Å². The number of hydrogen-bond donors (Lipinski definition) is 2. The van der Waals surface area contributed by atoms with Crippen LogP contribution in [0.5, 0.6) is 0 Å². The van der Waals surface area contributed by atoms with Gasteiger partial charge < -0.3 is 15.2 Å². The minimum atomic E-state index is -0.767. The topological polar surface area (TPSA) is 84.3 Å². The molecule has 1 aliphatic heterocycles. The number of hydrogen-bond acceptors (Lipinski definition) is 5. The molecule has 1 aliphatic rings. The molecule has 2 heterocycles. The molecule has 1 fully saturated rings. The van der Waals surface area contributed by atoms with E-state index in [2.05, 4.69) is 22.2 Å². The van der Waals surface area contributed by atoms with Gasteiger partial charge in [-0.05, 0) is 19.3 Å². The summed E-state index contributed by atoms with van der Waals surface area (Å²) in [7, 11) is 0. The third-order valence-corrected chi connectivity index (χ3v) is 3.74. The van der Waals surface area contributed by atoms with Crippen LogP contribution in [0.2, 0.25) is 0 Å². The van der Waals surface area contributed by atoms with E-state index in [9.17, 15) is 9.90 Å². The maximum absolute atomic E-state index is 11.5. The molecule has 2 rings (SSSR count). The molecule has 6 nitrogen and oxygen atoms in total. The zero-order valence-electron chi connectivity index (χ0n) is 11.8. The van der Waals surface area contributed by atoms with E-state index in [-0.39, 0.29) is 0 Å². The largest absolute Gasteiger partial charge is 0.481 e. The Bertz CT molecular complexity index is 459. The zero-order chi connectivity index (χ0) is 14.4. The first-order valence-corrected chi connectivity index (χ1v) is 7.02. The van der Waals surface area contributed by atoms with Crippen LogP contribution < -0.4 is 5.32 Å². The summed E-state index contributed by atoms with van der Waals surface area (Å²) in [6.07, 6.45) is 4.50. The predicted octanol–water partition coefficient (Wildman–Crippen LogP) is 1.72. The van der Waals surface area contributed by atoms with Gasteiger partial charge in [0.25, 0.3) is 0 Å². The van der Waals surface area contributed by atoms with E-state index in [1.807, 2.05) is 6.07 Å². The van der Waals surface area contributed by atoms with Crippen LogP contribution in [0.4, 0.5) is 5.82 Å². The molecule has 0 bridgehead atoms. The molecule has 0 amide bonds. The first-order valence-electron chi connectivity index (χ1n) is 7.02. The van der Waals surface area contributed by atoms with Gasteiger partial charge in [-0.1, -0.05) is 13.3 Å². The molecule has 0 atom stereocenters. The summed E-state index contributed by atoms with van der Waals surface area (Å²) in [6.45, 7) is 3.46. The fourth-order valence-corrected chi connectivity index (χ4v) is 2.38. The van der Waals surface area contributed by atoms with Crippen LogP contribution in [0.15, 0.2) is 12.4 Å². The number of carboxylic acids is 1. The van der Waals surface area contributed by atoms with Crippen molar-refractivity contribution in [3.05, 3.63) is 18.1 Å². The minimum Gasteiger partial charge on any atom is -0.481 e. The smallest absolute Gasteiger partial charge is 0.311 e. The van der Waals surface area contributed by atoms with Gasteiger partial charge in [-0.15, -0.1) is 0 Å². The second-order valence-electron chi connectivity index (χ2n) is 5.20. The van der Waals surface area contributed by atoms with Gasteiger partial charge in [0.1, 0.15) is 12.1 Å². The number of aromatic nitrogens is 2. The fraction of sp³-hybridized carbons (Fsp3) is 0.643. The van der Waals surface area contributed by atoms with Gasteiger partial charge in [-0.3, -0.25) is 4.79 Å². The van der Waals surface area contributed by atoms with Crippen LogP contribution in [-0.4, -0.2) is 40.8 Å². The van der Waals surface area contributed by atoms with Crippen LogP contribution in [0.1, 0.15) is 31.9 Å². The van der Waals surface area contributed by atoms with Crippen LogP contribution in [0, 0.1) is 5.41 Å². The van der Waals surface area contributed by atoms with Crippen molar-refractivity contribution >= 4 is 11.8 Å². The monoisotopic (exact) mass is 279 g/mol. The standard InChI is InChI=1S/C14H21N3O3/c1-2-3-11-8-12(17-10-16-11)15-9-14(13(18)19)4-6-20-7-5-14/h8,10H,2-7,9H2,1H3,(H,18,19)(H,15,16,17). The average Bonchev–Trinajstić information content (AvgIpc) is 2.47. The van der Waals surface area contributed by atoms with Crippen LogP contribution in [0.25, 0.3) is 0 Å². The Hall–Kier alpha value is -1.69. The fourth-order valence-electron chi connectivity index (χ4n) is 2.38. The second kappa shape index (κ2) is 6.65. The van der Waals surface area contributed by atoms with E-state index < -0.39 is 11.4 Å². The van der Waals surface area contributed by atoms with Gasteiger partial charge >= 0.3 is 5.97 Å². The number of ether oxygens (including phenoxy) is 1. The van der Waals surface area contributed by atoms with Gasteiger partial charge in [0.2, 0.25) is 0 Å². The Kier molecular flexibility index (Phi) is 4.89. The quantitative estimate of drug-likeness (QED) is 0.825. The summed E-state index contributed by atoms with van der Waals surface area (Å²) in [5, 5.41) is 12.6. The lowest BCUT2D eigenvalue weighted by atomic mass is 9.80. The Balaban J connectivity index is 2.02. The van der Waals surface area contributed by atoms with Crippen molar-refractivity contribution < 1.29 is 14.6 Å². The highest BCUT2D eigenvalue weighted by Crippen LogP contribution is 2.31. The Labute approximate surface area is 118 Å². The molecule has 0 saturated carbocycles. The van der Waals surface area contributed by atoms with Crippen molar-refractivity contribution in [2.24, 2.45) is 5.41 Å². The van der Waals surface area contributed by atoms with Gasteiger partial charge in [-0.2, -0.15) is 0 Å². The maximum Gasteiger partial charge on any atom is 0.311 e. The Morgan fingerprint density at radius 3 is 2.85 bits per heavy atom. The maximum atomic E-state index is 11.5. The Morgan fingerprint density at radius 2 is 2.20 bits per heavy atom. The molecule has 0 unspecified atom stereocenters. The first-order chi connectivity index (χ1) is 9.66. The van der Waals surface area contributed by atoms with E-state index in [1.165, 1.54) is 6.33 Å². The molecule has 0 radical (unpaired) electrons. The average molecular weight is 279 g/mol. The Morgan fingerprint density at radius 1 is 1.45 bits per heavy atom. The first kappa shape index (κ1) is 14.7. The highest BCUT2D eigenvalue weighted by Gasteiger charge is 2.40. The zero-order valence-corrected chi connectivity index (χ0v) is 11.8. The number of anilines is 1. The molecule has 2 N–H and O–H groups in total. The molecule has 6 heteroatoms. The van der Waals surface area contributed by atoms with E-state index in [0.717, 1.165) is 18.5 Å². The molecule has 1 aromatic rings. The molecule has 0 aromatic carbocycles. The van der Waals surface area contributed by atoms with Crippen LogP contribution >= 0.6 is 0 Å². The summed E-state index contributed by atoms with van der Waals surface area (Å²) in [5.41, 5.74) is 0.218. The second-order valence-corrected chi connectivity index (χ2v) is 5.20. The number of carboxylic acid groups (broad SMARTS) is 1. The van der Waals surface area contributed by atoms with E-state index >= 15 is 0 Å². The molecule has 110 valence electrons. The lowest BCUT2D eigenvalue weighted by Gasteiger charge is -2.33. The molecule has 20 heavy (non-hydrogen) atoms. The van der Waals surface area contributed by atoms with Gasteiger partial charge in [-0.25, -0.2) is 9.97 Å². The molecule has 1 aromatic heterocycles. The SMILES string of the molecule is CCCc1cc(NCC2(C(=O)O)CCOCC2)ncn1. The molecule has 0 spiro atoms. The lowest BCUT2D eigenvalue weighted by Crippen LogP contribution is -2.42. The van der Waals surface area contributed by atoms with Crippen molar-refractivity contribution in [1.82, 2.24) is 9.97 Å². The van der Waals surface area contributed by atoms with Crippen molar-refractivity contribution in [2.75, 3.05) is 25.1 Å². The van der Waals surface area contributed by atoms with Crippen LogP contribution in [-0.2, 0) is 16.0 Å². The van der Waals surface area contributed by atoms with E-state index in [4.69, 9.17) is 4.74 Å². The molecule has 0 aliphatic carbocycles. The number of carbonyl (C=O) groups is 1. The number of rotatable bonds is 6. The van der Waals surface area contributed by atoms with Crippen molar-refractivity contribution in [3.63, 3.8) is 0 Å². The van der Waals surface area contributed by atoms with Gasteiger partial charge in [0, 0.05) is 31.5 Å². The molecule has 1 saturated heterocycles. The molecular weight excluding hydrogens is 258 g/mol. The number of aryl methyl sites for hydroxylation is 1. The van der Waals surface area contributed by atoms with Crippen molar-refractivity contribution in [3.8, 4) is 0 Å². The third-order valence-electron chi connectivity index (χ3n) is 3.74. The summed E-state index contributed by atoms with van der Waals surface area (Å²) >= 11 is 0. The third kappa shape index (κ3) is 3.45. The lowest BCUT2D eigenvalue weighted by molar-refractivity contribution is -0.153. The molecular formula is C14H21N3O3. The van der Waals surface area contributed by atoms with E-state index in [1.54, 1.807) is 0 Å². The van der Waals surface area contributed by atoms with Crippen molar-refractivity contribution in [2.45, 2.75) is 32.6 Å².